The Morgan fingerprint density at radius 3 is 2.81 bits per heavy atom. The number of rotatable bonds is 5. The average Bonchev–Trinajstić information content (AvgIpc) is 3.14. The van der Waals surface area contributed by atoms with Gasteiger partial charge >= 0.3 is 0 Å². The Labute approximate surface area is 186 Å². The highest BCUT2D eigenvalue weighted by Gasteiger charge is 2.33. The van der Waals surface area contributed by atoms with E-state index in [1.54, 1.807) is 11.7 Å². The Morgan fingerprint density at radius 2 is 2.12 bits per heavy atom. The van der Waals surface area contributed by atoms with E-state index in [0.717, 1.165) is 41.3 Å². The number of aromatic nitrogens is 2. The number of methoxy groups -OCH3 is 1. The summed E-state index contributed by atoms with van der Waals surface area (Å²) < 4.78 is 21.8. The minimum absolute atomic E-state index is 0.139. The van der Waals surface area contributed by atoms with Gasteiger partial charge in [-0.2, -0.15) is 0 Å². The number of carbonyl (C=O) groups excluding carboxylic acids is 1. The molecule has 2 unspecified atom stereocenters. The third kappa shape index (κ3) is 2.82. The number of halogens is 1. The summed E-state index contributed by atoms with van der Waals surface area (Å²) in [6, 6.07) is 3.45. The van der Waals surface area contributed by atoms with Crippen LogP contribution in [0.3, 0.4) is 0 Å². The van der Waals surface area contributed by atoms with Gasteiger partial charge in [-0.1, -0.05) is 13.8 Å². The fourth-order valence-corrected chi connectivity index (χ4v) is 5.60. The van der Waals surface area contributed by atoms with Gasteiger partial charge in [0.05, 0.1) is 30.1 Å². The molecule has 1 aliphatic heterocycles. The first-order chi connectivity index (χ1) is 15.4. The molecule has 0 N–H and O–H groups in total. The molecule has 0 saturated heterocycles. The number of ether oxygens (including phenoxy) is 1. The fraction of sp³-hybridized carbons (Fsp3) is 0.423. The number of carbonyl (C=O) groups is 1. The summed E-state index contributed by atoms with van der Waals surface area (Å²) in [6.45, 7) is 6.56. The lowest BCUT2D eigenvalue weighted by atomic mass is 9.79. The van der Waals surface area contributed by atoms with Crippen molar-refractivity contribution in [1.29, 1.82) is 0 Å². The number of nitrogens with zero attached hydrogens (tertiary/aromatic N) is 2. The monoisotopic (exact) mass is 434 g/mol. The van der Waals surface area contributed by atoms with Crippen LogP contribution >= 0.6 is 0 Å². The van der Waals surface area contributed by atoms with Crippen LogP contribution in [0.25, 0.3) is 22.3 Å². The molecule has 0 radical (unpaired) electrons. The summed E-state index contributed by atoms with van der Waals surface area (Å²) in [6.07, 6.45) is 3.26. The molecular weight excluding hydrogens is 407 g/mol. The number of hydrogen-bond donors (Lipinski definition) is 0. The Balaban J connectivity index is 1.85. The van der Waals surface area contributed by atoms with Crippen molar-refractivity contribution in [2.75, 3.05) is 7.11 Å². The first kappa shape index (κ1) is 21.0. The first-order valence-corrected chi connectivity index (χ1v) is 11.3. The summed E-state index contributed by atoms with van der Waals surface area (Å²) in [5.41, 5.74) is 7.15. The van der Waals surface area contributed by atoms with Crippen molar-refractivity contribution < 1.29 is 13.9 Å². The van der Waals surface area contributed by atoms with Crippen LogP contribution in [-0.4, -0.2) is 22.9 Å². The van der Waals surface area contributed by atoms with Gasteiger partial charge < -0.3 is 14.1 Å². The highest BCUT2D eigenvalue weighted by atomic mass is 19.1. The molecule has 166 valence electrons. The summed E-state index contributed by atoms with van der Waals surface area (Å²) in [5.74, 6) is -0.320. The second-order valence-corrected chi connectivity index (χ2v) is 9.09. The zero-order chi connectivity index (χ0) is 22.7. The second-order valence-electron chi connectivity index (χ2n) is 9.09. The standard InChI is InChI=1S/C26H27FN2O3/c1-5-15(11-30)17-8-22-25-18(10-29(22)26(31)19(17)12-32-4)23-13(2)6-7-16-14(3)20(27)9-21(28-25)24(16)23/h8-9,11,13,15H,5-7,10,12H2,1-4H3. The molecule has 2 aromatic heterocycles. The summed E-state index contributed by atoms with van der Waals surface area (Å²) in [7, 11) is 1.55. The molecule has 0 spiro atoms. The average molecular weight is 435 g/mol. The number of hydrogen-bond acceptors (Lipinski definition) is 4. The lowest BCUT2D eigenvalue weighted by Gasteiger charge is -2.26. The lowest BCUT2D eigenvalue weighted by molar-refractivity contribution is -0.109. The van der Waals surface area contributed by atoms with Gasteiger partial charge in [-0.25, -0.2) is 9.37 Å². The van der Waals surface area contributed by atoms with Crippen molar-refractivity contribution in [3.63, 3.8) is 0 Å². The summed E-state index contributed by atoms with van der Waals surface area (Å²) in [5, 5.41) is 1.05. The largest absolute Gasteiger partial charge is 0.380 e. The van der Waals surface area contributed by atoms with Crippen LogP contribution in [0, 0.1) is 12.7 Å². The summed E-state index contributed by atoms with van der Waals surface area (Å²) in [4.78, 5) is 30.2. The number of fused-ring (bicyclic) bond motifs is 4. The van der Waals surface area contributed by atoms with Crippen LogP contribution in [0.15, 0.2) is 16.9 Å². The van der Waals surface area contributed by atoms with Gasteiger partial charge in [0.2, 0.25) is 0 Å². The van der Waals surface area contributed by atoms with Gasteiger partial charge in [0.1, 0.15) is 12.1 Å². The molecule has 0 fully saturated rings. The highest BCUT2D eigenvalue weighted by molar-refractivity contribution is 5.93. The Morgan fingerprint density at radius 1 is 1.34 bits per heavy atom. The van der Waals surface area contributed by atoms with Crippen molar-refractivity contribution in [3.8, 4) is 11.4 Å². The second kappa shape index (κ2) is 7.62. The van der Waals surface area contributed by atoms with E-state index in [2.05, 4.69) is 6.92 Å². The van der Waals surface area contributed by atoms with Gasteiger partial charge in [-0.05, 0) is 60.4 Å². The minimum atomic E-state index is -0.382. The van der Waals surface area contributed by atoms with E-state index in [-0.39, 0.29) is 23.9 Å². The van der Waals surface area contributed by atoms with Gasteiger partial charge in [-0.3, -0.25) is 4.79 Å². The molecule has 0 saturated carbocycles. The van der Waals surface area contributed by atoms with Crippen LogP contribution in [0.4, 0.5) is 4.39 Å². The van der Waals surface area contributed by atoms with E-state index >= 15 is 0 Å². The fourth-order valence-electron chi connectivity index (χ4n) is 5.60. The topological polar surface area (TPSA) is 61.2 Å². The lowest BCUT2D eigenvalue weighted by Crippen LogP contribution is -2.26. The van der Waals surface area contributed by atoms with E-state index < -0.39 is 0 Å². The molecule has 2 aliphatic rings. The predicted molar refractivity (Wildman–Crippen MR) is 122 cm³/mol. The van der Waals surface area contributed by atoms with Crippen LogP contribution in [0.2, 0.25) is 0 Å². The van der Waals surface area contributed by atoms with Crippen LogP contribution < -0.4 is 5.56 Å². The molecule has 32 heavy (non-hydrogen) atoms. The zero-order valence-electron chi connectivity index (χ0n) is 18.9. The zero-order valence-corrected chi connectivity index (χ0v) is 18.9. The molecular formula is C26H27FN2O3. The maximum Gasteiger partial charge on any atom is 0.257 e. The molecule has 5 rings (SSSR count). The Hall–Kier alpha value is -2.86. The van der Waals surface area contributed by atoms with E-state index in [1.807, 2.05) is 19.9 Å². The van der Waals surface area contributed by atoms with Crippen molar-refractivity contribution in [3.05, 3.63) is 61.7 Å². The maximum absolute atomic E-state index is 14.7. The molecule has 6 heteroatoms. The number of aldehydes is 1. The number of pyridine rings is 2. The van der Waals surface area contributed by atoms with E-state index in [1.165, 1.54) is 11.6 Å². The predicted octanol–water partition coefficient (Wildman–Crippen LogP) is 4.76. The van der Waals surface area contributed by atoms with E-state index in [4.69, 9.17) is 9.72 Å². The molecule has 2 atom stereocenters. The van der Waals surface area contributed by atoms with Crippen LogP contribution in [0.1, 0.15) is 71.9 Å². The quantitative estimate of drug-likeness (QED) is 0.425. The van der Waals surface area contributed by atoms with Crippen molar-refractivity contribution in [2.24, 2.45) is 0 Å². The van der Waals surface area contributed by atoms with Gasteiger partial charge in [0.25, 0.3) is 5.56 Å². The van der Waals surface area contributed by atoms with Crippen molar-refractivity contribution >= 4 is 17.2 Å². The summed E-state index contributed by atoms with van der Waals surface area (Å²) >= 11 is 0. The number of aryl methyl sites for hydroxylation is 1. The molecule has 0 bridgehead atoms. The third-order valence-electron chi connectivity index (χ3n) is 7.35. The van der Waals surface area contributed by atoms with Crippen molar-refractivity contribution in [1.82, 2.24) is 9.55 Å². The maximum atomic E-state index is 14.7. The molecule has 1 aromatic carbocycles. The van der Waals surface area contributed by atoms with E-state index in [9.17, 15) is 14.0 Å². The highest BCUT2D eigenvalue weighted by Crippen LogP contribution is 2.45. The SMILES string of the molecule is CCC(C=O)c1cc2n(c(=O)c1COC)Cc1c-2nc2cc(F)c(C)c3c2c1C(C)CC3. The molecule has 0 amide bonds. The first-order valence-electron chi connectivity index (χ1n) is 11.3. The van der Waals surface area contributed by atoms with Crippen molar-refractivity contribution in [2.45, 2.75) is 65.0 Å². The Bertz CT molecular complexity index is 1340. The number of benzene rings is 1. The van der Waals surface area contributed by atoms with Gasteiger partial charge in [0.15, 0.2) is 0 Å². The smallest absolute Gasteiger partial charge is 0.257 e. The normalized spacial score (nSPS) is 17.3. The molecule has 1 aliphatic carbocycles. The molecule has 5 nitrogen and oxygen atoms in total. The Kier molecular flexibility index (Phi) is 5.01. The molecule has 3 heterocycles. The van der Waals surface area contributed by atoms with Crippen LogP contribution in [-0.2, 0) is 29.1 Å². The minimum Gasteiger partial charge on any atom is -0.380 e. The van der Waals surface area contributed by atoms with Crippen LogP contribution in [0.5, 0.6) is 0 Å². The molecule has 3 aromatic rings. The van der Waals surface area contributed by atoms with Gasteiger partial charge in [-0.15, -0.1) is 0 Å². The third-order valence-corrected chi connectivity index (χ3v) is 7.35. The van der Waals surface area contributed by atoms with Gasteiger partial charge in [0, 0.05) is 35.6 Å². The van der Waals surface area contributed by atoms with E-state index in [0.29, 0.717) is 46.8 Å².